The summed E-state index contributed by atoms with van der Waals surface area (Å²) in [6, 6.07) is 11.8. The normalized spacial score (nSPS) is 11.9. The number of halogens is 1. The first-order valence-corrected chi connectivity index (χ1v) is 6.53. The largest absolute Gasteiger partial charge is 0.310 e. The third-order valence-electron chi connectivity index (χ3n) is 3.02. The molecule has 2 rings (SSSR count). The number of hydrogen-bond donors (Lipinski definition) is 1. The van der Waals surface area contributed by atoms with Crippen molar-refractivity contribution in [3.05, 3.63) is 59.5 Å². The first kappa shape index (κ1) is 14.2. The number of pyridine rings is 1. The quantitative estimate of drug-likeness (QED) is 0.927. The Kier molecular flexibility index (Phi) is 4.45. The van der Waals surface area contributed by atoms with Crippen molar-refractivity contribution < 1.29 is 9.18 Å². The maximum Gasteiger partial charge on any atom is 0.228 e. The van der Waals surface area contributed by atoms with E-state index in [1.165, 1.54) is 12.1 Å². The maximum atomic E-state index is 13.1. The Morgan fingerprint density at radius 1 is 1.30 bits per heavy atom. The summed E-state index contributed by atoms with van der Waals surface area (Å²) in [4.78, 5) is 16.3. The summed E-state index contributed by atoms with van der Waals surface area (Å²) in [5.74, 6) is -0.108. The maximum absolute atomic E-state index is 13.1. The number of hydrogen-bond acceptors (Lipinski definition) is 2. The van der Waals surface area contributed by atoms with Crippen LogP contribution in [0.3, 0.4) is 0 Å². The second-order valence-corrected chi connectivity index (χ2v) is 4.89. The van der Waals surface area contributed by atoms with Gasteiger partial charge < -0.3 is 5.32 Å². The van der Waals surface area contributed by atoms with Crippen LogP contribution in [-0.4, -0.2) is 10.9 Å². The number of amides is 1. The lowest BCUT2D eigenvalue weighted by Gasteiger charge is -2.12. The fourth-order valence-electron chi connectivity index (χ4n) is 1.97. The molecule has 4 heteroatoms. The minimum absolute atomic E-state index is 0.118. The van der Waals surface area contributed by atoms with Crippen LogP contribution in [0, 0.1) is 18.7 Å². The molecule has 0 unspecified atom stereocenters. The van der Waals surface area contributed by atoms with E-state index in [2.05, 4.69) is 10.3 Å². The van der Waals surface area contributed by atoms with Crippen LogP contribution >= 0.6 is 0 Å². The molecule has 0 aliphatic carbocycles. The summed E-state index contributed by atoms with van der Waals surface area (Å²) in [5.41, 5.74) is 1.66. The summed E-state index contributed by atoms with van der Waals surface area (Å²) in [6.45, 7) is 3.68. The zero-order valence-electron chi connectivity index (χ0n) is 11.6. The number of aromatic nitrogens is 1. The van der Waals surface area contributed by atoms with E-state index in [-0.39, 0.29) is 17.6 Å². The van der Waals surface area contributed by atoms with Crippen LogP contribution in [0.15, 0.2) is 42.5 Å². The zero-order chi connectivity index (χ0) is 14.5. The number of rotatable bonds is 4. The molecule has 0 aliphatic heterocycles. The fourth-order valence-corrected chi connectivity index (χ4v) is 1.97. The van der Waals surface area contributed by atoms with E-state index < -0.39 is 0 Å². The highest BCUT2D eigenvalue weighted by Crippen LogP contribution is 2.13. The average molecular weight is 272 g/mol. The van der Waals surface area contributed by atoms with Crippen molar-refractivity contribution >= 4 is 11.7 Å². The van der Waals surface area contributed by atoms with E-state index in [0.717, 1.165) is 11.3 Å². The highest BCUT2D eigenvalue weighted by molar-refractivity contribution is 5.91. The smallest absolute Gasteiger partial charge is 0.228 e. The van der Waals surface area contributed by atoms with E-state index in [4.69, 9.17) is 0 Å². The van der Waals surface area contributed by atoms with Gasteiger partial charge in [0.1, 0.15) is 11.6 Å². The molecular weight excluding hydrogens is 255 g/mol. The molecule has 1 N–H and O–H groups in total. The second kappa shape index (κ2) is 6.28. The molecule has 0 bridgehead atoms. The third-order valence-corrected chi connectivity index (χ3v) is 3.02. The summed E-state index contributed by atoms with van der Waals surface area (Å²) in [6.07, 6.45) is 0.495. The van der Waals surface area contributed by atoms with Crippen molar-refractivity contribution in [1.82, 2.24) is 4.98 Å². The molecule has 0 fully saturated rings. The first-order valence-electron chi connectivity index (χ1n) is 6.53. The van der Waals surface area contributed by atoms with Crippen LogP contribution in [0.4, 0.5) is 10.2 Å². The predicted molar refractivity (Wildman–Crippen MR) is 76.9 cm³/mol. The van der Waals surface area contributed by atoms with Gasteiger partial charge in [-0.1, -0.05) is 25.1 Å². The molecule has 0 spiro atoms. The SMILES string of the molecule is Cc1cccc(NC(=O)[C@H](C)Cc2cccc(F)c2)n1. The van der Waals surface area contributed by atoms with Crippen LogP contribution in [0.1, 0.15) is 18.2 Å². The van der Waals surface area contributed by atoms with Gasteiger partial charge in [-0.3, -0.25) is 4.79 Å². The van der Waals surface area contributed by atoms with Gasteiger partial charge >= 0.3 is 0 Å². The van der Waals surface area contributed by atoms with E-state index in [1.54, 1.807) is 12.1 Å². The van der Waals surface area contributed by atoms with Crippen molar-refractivity contribution in [3.63, 3.8) is 0 Å². The Bertz CT molecular complexity index is 613. The van der Waals surface area contributed by atoms with Gasteiger partial charge in [0.05, 0.1) is 0 Å². The summed E-state index contributed by atoms with van der Waals surface area (Å²) in [7, 11) is 0. The lowest BCUT2D eigenvalue weighted by atomic mass is 10.0. The van der Waals surface area contributed by atoms with Crippen LogP contribution in [0.25, 0.3) is 0 Å². The Labute approximate surface area is 117 Å². The van der Waals surface area contributed by atoms with Crippen LogP contribution in [-0.2, 0) is 11.2 Å². The highest BCUT2D eigenvalue weighted by atomic mass is 19.1. The topological polar surface area (TPSA) is 42.0 Å². The molecule has 20 heavy (non-hydrogen) atoms. The molecular formula is C16H17FN2O. The lowest BCUT2D eigenvalue weighted by Crippen LogP contribution is -2.22. The number of carbonyl (C=O) groups is 1. The zero-order valence-corrected chi connectivity index (χ0v) is 11.6. The first-order chi connectivity index (χ1) is 9.54. The molecule has 0 saturated carbocycles. The third kappa shape index (κ3) is 3.88. The molecule has 104 valence electrons. The van der Waals surface area contributed by atoms with Gasteiger partial charge in [0.2, 0.25) is 5.91 Å². The van der Waals surface area contributed by atoms with Crippen molar-refractivity contribution in [3.8, 4) is 0 Å². The molecule has 1 aromatic carbocycles. The number of aryl methyl sites for hydroxylation is 1. The molecule has 0 aliphatic rings. The molecule has 1 atom stereocenters. The van der Waals surface area contributed by atoms with Crippen molar-refractivity contribution in [2.45, 2.75) is 20.3 Å². The molecule has 2 aromatic rings. The van der Waals surface area contributed by atoms with Crippen molar-refractivity contribution in [1.29, 1.82) is 0 Å². The Morgan fingerprint density at radius 2 is 2.05 bits per heavy atom. The van der Waals surface area contributed by atoms with Gasteiger partial charge in [-0.15, -0.1) is 0 Å². The van der Waals surface area contributed by atoms with Crippen LogP contribution in [0.5, 0.6) is 0 Å². The van der Waals surface area contributed by atoms with Gasteiger partial charge in [-0.05, 0) is 43.2 Å². The van der Waals surface area contributed by atoms with Gasteiger partial charge in [-0.2, -0.15) is 0 Å². The van der Waals surface area contributed by atoms with Crippen molar-refractivity contribution in [2.24, 2.45) is 5.92 Å². The lowest BCUT2D eigenvalue weighted by molar-refractivity contribution is -0.119. The molecule has 1 aromatic heterocycles. The number of carbonyl (C=O) groups excluding carboxylic acids is 1. The molecule has 3 nitrogen and oxygen atoms in total. The van der Waals surface area contributed by atoms with Gasteiger partial charge in [0, 0.05) is 11.6 Å². The number of nitrogens with one attached hydrogen (secondary N) is 1. The number of benzene rings is 1. The van der Waals surface area contributed by atoms with E-state index in [0.29, 0.717) is 12.2 Å². The summed E-state index contributed by atoms with van der Waals surface area (Å²) < 4.78 is 13.1. The summed E-state index contributed by atoms with van der Waals surface area (Å²) in [5, 5.41) is 2.77. The van der Waals surface area contributed by atoms with Gasteiger partial charge in [0.25, 0.3) is 0 Å². The molecule has 1 heterocycles. The molecule has 1 amide bonds. The number of nitrogens with zero attached hydrogens (tertiary/aromatic N) is 1. The molecule has 0 radical (unpaired) electrons. The minimum atomic E-state index is -0.282. The Morgan fingerprint density at radius 3 is 2.75 bits per heavy atom. The highest BCUT2D eigenvalue weighted by Gasteiger charge is 2.14. The van der Waals surface area contributed by atoms with Crippen LogP contribution < -0.4 is 5.32 Å². The van der Waals surface area contributed by atoms with Crippen LogP contribution in [0.2, 0.25) is 0 Å². The van der Waals surface area contributed by atoms with E-state index in [1.807, 2.05) is 32.0 Å². The van der Waals surface area contributed by atoms with E-state index in [9.17, 15) is 9.18 Å². The van der Waals surface area contributed by atoms with Gasteiger partial charge in [0.15, 0.2) is 0 Å². The fraction of sp³-hybridized carbons (Fsp3) is 0.250. The number of anilines is 1. The van der Waals surface area contributed by atoms with E-state index >= 15 is 0 Å². The minimum Gasteiger partial charge on any atom is -0.310 e. The molecule has 0 saturated heterocycles. The summed E-state index contributed by atoms with van der Waals surface area (Å²) >= 11 is 0. The monoisotopic (exact) mass is 272 g/mol. The predicted octanol–water partition coefficient (Wildman–Crippen LogP) is 3.35. The van der Waals surface area contributed by atoms with Crippen molar-refractivity contribution in [2.75, 3.05) is 5.32 Å². The Hall–Kier alpha value is -2.23. The Balaban J connectivity index is 1.98. The van der Waals surface area contributed by atoms with Gasteiger partial charge in [-0.25, -0.2) is 9.37 Å². The average Bonchev–Trinajstić information content (AvgIpc) is 2.38. The standard InChI is InChI=1S/C16H17FN2O/c1-11(9-13-6-4-7-14(17)10-13)16(20)19-15-8-3-5-12(2)18-15/h3-8,10-11H,9H2,1-2H3,(H,18,19,20)/t11-/m1/s1. The second-order valence-electron chi connectivity index (χ2n) is 4.89.